The smallest absolute Gasteiger partial charge is 0.305 e. The highest BCUT2D eigenvalue weighted by Gasteiger charge is 2.20. The lowest BCUT2D eigenvalue weighted by molar-refractivity contribution is -0.143. The number of ether oxygens (including phenoxy) is 1. The summed E-state index contributed by atoms with van der Waals surface area (Å²) in [4.78, 5) is 24.7. The number of allylic oxidation sites excluding steroid dienone is 8. The fourth-order valence-electron chi connectivity index (χ4n) is 12.0. The molecule has 0 fully saturated rings. The summed E-state index contributed by atoms with van der Waals surface area (Å²) in [6.07, 6.45) is 97.5. The van der Waals surface area contributed by atoms with Crippen LogP contribution in [0.1, 0.15) is 418 Å². The number of hydrogen-bond donors (Lipinski definition) is 3. The summed E-state index contributed by atoms with van der Waals surface area (Å²) < 4.78 is 5.50. The molecule has 6 nitrogen and oxygen atoms in total. The normalized spacial score (nSPS) is 12.8. The molecule has 1 amide bonds. The highest BCUT2D eigenvalue weighted by molar-refractivity contribution is 5.76. The fourth-order valence-corrected chi connectivity index (χ4v) is 12.0. The van der Waals surface area contributed by atoms with Gasteiger partial charge in [-0.05, 0) is 89.9 Å². The van der Waals surface area contributed by atoms with Gasteiger partial charge in [0.05, 0.1) is 25.4 Å². The van der Waals surface area contributed by atoms with Crippen molar-refractivity contribution in [3.63, 3.8) is 0 Å². The zero-order valence-electron chi connectivity index (χ0n) is 57.4. The SMILES string of the molecule is CCCCCC/C=C\C/C=C\CCCCCCCCCC(=O)OCCCCCCCCCCC/C=C\C/C=C\CCCCCCCCCCCCCCCC(=O)NC(CO)C(O)CCCCCCCCCCCCCCCCCCCCCCC. The van der Waals surface area contributed by atoms with Gasteiger partial charge in [0.15, 0.2) is 0 Å². The van der Waals surface area contributed by atoms with E-state index in [0.29, 0.717) is 25.9 Å². The molecule has 0 aromatic rings. The molecule has 0 aromatic heterocycles. The van der Waals surface area contributed by atoms with Gasteiger partial charge in [-0.3, -0.25) is 9.59 Å². The molecule has 0 saturated heterocycles. The minimum atomic E-state index is -0.667. The molecule has 500 valence electrons. The minimum Gasteiger partial charge on any atom is -0.466 e. The number of esters is 1. The lowest BCUT2D eigenvalue weighted by Crippen LogP contribution is -2.45. The highest BCUT2D eigenvalue weighted by atomic mass is 16.5. The van der Waals surface area contributed by atoms with E-state index < -0.39 is 12.1 Å². The van der Waals surface area contributed by atoms with Gasteiger partial charge in [0.25, 0.3) is 0 Å². The molecule has 0 aliphatic rings. The Morgan fingerprint density at radius 1 is 0.329 bits per heavy atom. The van der Waals surface area contributed by atoms with Crippen molar-refractivity contribution in [2.24, 2.45) is 0 Å². The van der Waals surface area contributed by atoms with Gasteiger partial charge in [0, 0.05) is 12.8 Å². The van der Waals surface area contributed by atoms with Crippen molar-refractivity contribution in [1.82, 2.24) is 5.32 Å². The van der Waals surface area contributed by atoms with Crippen LogP contribution in [-0.4, -0.2) is 47.4 Å². The third-order valence-corrected chi connectivity index (χ3v) is 17.9. The molecular formula is C79H149NO5. The first-order chi connectivity index (χ1) is 42.0. The molecule has 0 saturated carbocycles. The molecule has 0 spiro atoms. The lowest BCUT2D eigenvalue weighted by Gasteiger charge is -2.22. The van der Waals surface area contributed by atoms with Crippen molar-refractivity contribution >= 4 is 11.9 Å². The summed E-state index contributed by atoms with van der Waals surface area (Å²) in [5.41, 5.74) is 0. The number of unbranched alkanes of at least 4 members (excludes halogenated alkanes) is 53. The van der Waals surface area contributed by atoms with Crippen molar-refractivity contribution in [3.8, 4) is 0 Å². The van der Waals surface area contributed by atoms with E-state index in [1.807, 2.05) is 0 Å². The van der Waals surface area contributed by atoms with Gasteiger partial charge in [-0.2, -0.15) is 0 Å². The quantitative estimate of drug-likeness (QED) is 0.0320. The van der Waals surface area contributed by atoms with E-state index in [1.165, 1.54) is 327 Å². The molecule has 2 atom stereocenters. The zero-order chi connectivity index (χ0) is 61.3. The molecule has 0 aromatic carbocycles. The van der Waals surface area contributed by atoms with Gasteiger partial charge < -0.3 is 20.3 Å². The molecule has 0 rings (SSSR count). The van der Waals surface area contributed by atoms with Crippen LogP contribution in [0.15, 0.2) is 48.6 Å². The first-order valence-electron chi connectivity index (χ1n) is 38.4. The van der Waals surface area contributed by atoms with Crippen LogP contribution < -0.4 is 5.32 Å². The molecule has 2 unspecified atom stereocenters. The molecule has 85 heavy (non-hydrogen) atoms. The Balaban J connectivity index is 3.40. The van der Waals surface area contributed by atoms with E-state index >= 15 is 0 Å². The average Bonchev–Trinajstić information content (AvgIpc) is 3.51. The van der Waals surface area contributed by atoms with Gasteiger partial charge in [-0.15, -0.1) is 0 Å². The van der Waals surface area contributed by atoms with E-state index in [9.17, 15) is 19.8 Å². The maximum absolute atomic E-state index is 12.6. The Kier molecular flexibility index (Phi) is 72.4. The second kappa shape index (κ2) is 74.3. The summed E-state index contributed by atoms with van der Waals surface area (Å²) in [5.74, 6) is -0.0268. The molecule has 0 aliphatic carbocycles. The first kappa shape index (κ1) is 82.8. The van der Waals surface area contributed by atoms with E-state index in [1.54, 1.807) is 0 Å². The van der Waals surface area contributed by atoms with Crippen LogP contribution in [0.3, 0.4) is 0 Å². The van der Waals surface area contributed by atoms with E-state index in [2.05, 4.69) is 67.8 Å². The summed E-state index contributed by atoms with van der Waals surface area (Å²) >= 11 is 0. The highest BCUT2D eigenvalue weighted by Crippen LogP contribution is 2.19. The maximum Gasteiger partial charge on any atom is 0.305 e. The van der Waals surface area contributed by atoms with Crippen LogP contribution >= 0.6 is 0 Å². The predicted molar refractivity (Wildman–Crippen MR) is 375 cm³/mol. The third kappa shape index (κ3) is 70.8. The second-order valence-corrected chi connectivity index (χ2v) is 26.3. The summed E-state index contributed by atoms with van der Waals surface area (Å²) in [6, 6.07) is -0.544. The Morgan fingerprint density at radius 2 is 0.588 bits per heavy atom. The molecule has 0 aliphatic heterocycles. The number of rotatable bonds is 72. The molecule has 3 N–H and O–H groups in total. The lowest BCUT2D eigenvalue weighted by atomic mass is 10.0. The molecule has 0 heterocycles. The van der Waals surface area contributed by atoms with Crippen molar-refractivity contribution in [1.29, 1.82) is 0 Å². The predicted octanol–water partition coefficient (Wildman–Crippen LogP) is 25.2. The third-order valence-electron chi connectivity index (χ3n) is 17.9. The van der Waals surface area contributed by atoms with E-state index in [4.69, 9.17) is 4.74 Å². The Hall–Kier alpha value is -2.18. The minimum absolute atomic E-state index is 0.00517. The Bertz CT molecular complexity index is 1420. The van der Waals surface area contributed by atoms with Gasteiger partial charge in [0.1, 0.15) is 0 Å². The largest absolute Gasteiger partial charge is 0.466 e. The van der Waals surface area contributed by atoms with E-state index in [-0.39, 0.29) is 18.5 Å². The standard InChI is InChI=1S/C79H149NO5/c1-3-5-7-9-11-13-15-17-19-21-23-33-36-39-43-47-51-55-59-63-67-71-77(82)76(75-81)80-78(83)72-68-64-60-56-52-48-44-40-37-34-31-29-27-25-24-26-28-30-32-35-38-42-46-50-54-58-62-66-70-74-85-79(84)73-69-65-61-57-53-49-45-41-22-20-18-16-14-12-10-8-6-4-2/h14,16,20,22,24,26,30,32,76-77,81-82H,3-13,15,17-19,21,23,25,27-29,31,33-75H2,1-2H3,(H,80,83)/b16-14-,22-20-,26-24-,32-30-. The number of carbonyl (C=O) groups excluding carboxylic acids is 2. The maximum atomic E-state index is 12.6. The molecule has 6 heteroatoms. The first-order valence-corrected chi connectivity index (χ1v) is 38.4. The van der Waals surface area contributed by atoms with Gasteiger partial charge in [0.2, 0.25) is 5.91 Å². The second-order valence-electron chi connectivity index (χ2n) is 26.3. The topological polar surface area (TPSA) is 95.9 Å². The number of aliphatic hydroxyl groups excluding tert-OH is 2. The van der Waals surface area contributed by atoms with Crippen LogP contribution in [0.2, 0.25) is 0 Å². The number of hydrogen-bond acceptors (Lipinski definition) is 5. The fraction of sp³-hybridized carbons (Fsp3) is 0.873. The van der Waals surface area contributed by atoms with Crippen molar-refractivity contribution in [3.05, 3.63) is 48.6 Å². The average molecular weight is 1190 g/mol. The Labute approximate surface area is 531 Å². The zero-order valence-corrected chi connectivity index (χ0v) is 57.4. The van der Waals surface area contributed by atoms with Crippen LogP contribution in [0, 0.1) is 0 Å². The summed E-state index contributed by atoms with van der Waals surface area (Å²) in [5, 5.41) is 23.4. The Morgan fingerprint density at radius 3 is 0.906 bits per heavy atom. The molecule has 0 radical (unpaired) electrons. The summed E-state index contributed by atoms with van der Waals surface area (Å²) in [6.45, 7) is 4.97. The van der Waals surface area contributed by atoms with Gasteiger partial charge in [-0.25, -0.2) is 0 Å². The van der Waals surface area contributed by atoms with Crippen molar-refractivity contribution in [2.75, 3.05) is 13.2 Å². The molecule has 0 bridgehead atoms. The number of amides is 1. The summed E-state index contributed by atoms with van der Waals surface area (Å²) in [7, 11) is 0. The van der Waals surface area contributed by atoms with Gasteiger partial charge in [-0.1, -0.05) is 364 Å². The van der Waals surface area contributed by atoms with Crippen LogP contribution in [0.5, 0.6) is 0 Å². The van der Waals surface area contributed by atoms with E-state index in [0.717, 1.165) is 57.8 Å². The number of carbonyl (C=O) groups is 2. The van der Waals surface area contributed by atoms with Crippen LogP contribution in [0.4, 0.5) is 0 Å². The number of nitrogens with one attached hydrogen (secondary N) is 1. The monoisotopic (exact) mass is 1190 g/mol. The van der Waals surface area contributed by atoms with Crippen molar-refractivity contribution < 1.29 is 24.5 Å². The molecular weight excluding hydrogens is 1040 g/mol. The number of aliphatic hydroxyl groups is 2. The van der Waals surface area contributed by atoms with Crippen LogP contribution in [-0.2, 0) is 14.3 Å². The van der Waals surface area contributed by atoms with Crippen molar-refractivity contribution in [2.45, 2.75) is 431 Å². The van der Waals surface area contributed by atoms with Gasteiger partial charge >= 0.3 is 5.97 Å². The van der Waals surface area contributed by atoms with Crippen LogP contribution in [0.25, 0.3) is 0 Å².